The standard InChI is InChI=1S/C23H26F3N3O2/c1-31-13-11-27-15-22(30)29(16-17-6-8-19(9-7-17)23(24,25)26)12-10-18-14-28-21-5-3-2-4-20(18)21/h2-9,14,27-28H,10-13,15-16H2,1H3. The minimum absolute atomic E-state index is 0.115. The molecule has 1 amide bonds. The highest BCUT2D eigenvalue weighted by Crippen LogP contribution is 2.29. The fourth-order valence-electron chi connectivity index (χ4n) is 3.39. The molecule has 0 atom stereocenters. The number of aromatic nitrogens is 1. The van der Waals surface area contributed by atoms with E-state index in [0.717, 1.165) is 28.6 Å². The lowest BCUT2D eigenvalue weighted by atomic mass is 10.1. The quantitative estimate of drug-likeness (QED) is 0.476. The number of halogens is 3. The van der Waals surface area contributed by atoms with Crippen molar-refractivity contribution in [1.29, 1.82) is 0 Å². The molecule has 1 aromatic heterocycles. The molecule has 0 aliphatic carbocycles. The molecule has 3 aromatic rings. The van der Waals surface area contributed by atoms with Gasteiger partial charge in [-0.1, -0.05) is 30.3 Å². The molecule has 0 aliphatic rings. The Bertz CT molecular complexity index is 984. The second-order valence-electron chi connectivity index (χ2n) is 7.29. The number of aromatic amines is 1. The first kappa shape index (κ1) is 22.8. The van der Waals surface area contributed by atoms with Crippen LogP contribution in [0.4, 0.5) is 13.2 Å². The van der Waals surface area contributed by atoms with Crippen LogP contribution in [0, 0.1) is 0 Å². The van der Waals surface area contributed by atoms with Crippen molar-refractivity contribution in [3.05, 3.63) is 71.4 Å². The molecule has 0 saturated heterocycles. The number of amides is 1. The summed E-state index contributed by atoms with van der Waals surface area (Å²) in [6, 6.07) is 12.9. The molecule has 2 aromatic carbocycles. The zero-order valence-corrected chi connectivity index (χ0v) is 17.3. The third-order valence-electron chi connectivity index (χ3n) is 5.09. The number of hydrogen-bond donors (Lipinski definition) is 2. The molecule has 0 bridgehead atoms. The van der Waals surface area contributed by atoms with Gasteiger partial charge in [0.05, 0.1) is 18.7 Å². The lowest BCUT2D eigenvalue weighted by Gasteiger charge is -2.23. The highest BCUT2D eigenvalue weighted by atomic mass is 19.4. The molecule has 5 nitrogen and oxygen atoms in total. The summed E-state index contributed by atoms with van der Waals surface area (Å²) in [6.07, 6.45) is -1.81. The van der Waals surface area contributed by atoms with E-state index in [0.29, 0.717) is 31.7 Å². The largest absolute Gasteiger partial charge is 0.416 e. The van der Waals surface area contributed by atoms with E-state index in [1.807, 2.05) is 30.5 Å². The summed E-state index contributed by atoms with van der Waals surface area (Å²) in [7, 11) is 1.58. The van der Waals surface area contributed by atoms with Crippen LogP contribution in [-0.4, -0.2) is 49.1 Å². The fourth-order valence-corrected chi connectivity index (χ4v) is 3.39. The molecule has 0 aliphatic heterocycles. The SMILES string of the molecule is COCCNCC(=O)N(CCc1c[nH]c2ccccc12)Cc1ccc(C(F)(F)F)cc1. The Kier molecular flexibility index (Phi) is 7.70. The highest BCUT2D eigenvalue weighted by molar-refractivity contribution is 5.83. The molecular formula is C23H26F3N3O2. The molecule has 1 heterocycles. The van der Waals surface area contributed by atoms with Gasteiger partial charge in [0.15, 0.2) is 0 Å². The molecular weight excluding hydrogens is 407 g/mol. The van der Waals surface area contributed by atoms with Crippen molar-refractivity contribution in [3.63, 3.8) is 0 Å². The molecule has 31 heavy (non-hydrogen) atoms. The number of ether oxygens (including phenoxy) is 1. The van der Waals surface area contributed by atoms with Gasteiger partial charge >= 0.3 is 6.18 Å². The van der Waals surface area contributed by atoms with E-state index >= 15 is 0 Å². The third kappa shape index (κ3) is 6.32. The van der Waals surface area contributed by atoms with Crippen molar-refractivity contribution < 1.29 is 22.7 Å². The van der Waals surface area contributed by atoms with Gasteiger partial charge in [-0.25, -0.2) is 0 Å². The molecule has 0 spiro atoms. The zero-order chi connectivity index (χ0) is 22.3. The minimum Gasteiger partial charge on any atom is -0.383 e. The number of fused-ring (bicyclic) bond motifs is 1. The predicted octanol–water partition coefficient (Wildman–Crippen LogP) is 3.99. The number of para-hydroxylation sites is 1. The summed E-state index contributed by atoms with van der Waals surface area (Å²) < 4.78 is 43.5. The molecule has 166 valence electrons. The normalized spacial score (nSPS) is 11.7. The minimum atomic E-state index is -4.38. The average molecular weight is 433 g/mol. The summed E-state index contributed by atoms with van der Waals surface area (Å²) in [5, 5.41) is 4.13. The topological polar surface area (TPSA) is 57.4 Å². The first-order valence-electron chi connectivity index (χ1n) is 10.1. The Morgan fingerprint density at radius 3 is 2.58 bits per heavy atom. The first-order chi connectivity index (χ1) is 14.9. The molecule has 0 saturated carbocycles. The summed E-state index contributed by atoms with van der Waals surface area (Å²) in [6.45, 7) is 1.86. The van der Waals surface area contributed by atoms with Gasteiger partial charge in [0.2, 0.25) is 5.91 Å². The van der Waals surface area contributed by atoms with Gasteiger partial charge in [0.1, 0.15) is 0 Å². The fraction of sp³-hybridized carbons (Fsp3) is 0.348. The van der Waals surface area contributed by atoms with Crippen LogP contribution in [0.3, 0.4) is 0 Å². The Morgan fingerprint density at radius 2 is 1.87 bits per heavy atom. The Morgan fingerprint density at radius 1 is 1.13 bits per heavy atom. The number of methoxy groups -OCH3 is 1. The van der Waals surface area contributed by atoms with Crippen LogP contribution in [0.25, 0.3) is 10.9 Å². The van der Waals surface area contributed by atoms with Gasteiger partial charge in [-0.2, -0.15) is 13.2 Å². The van der Waals surface area contributed by atoms with E-state index < -0.39 is 11.7 Å². The lowest BCUT2D eigenvalue weighted by molar-refractivity contribution is -0.137. The number of nitrogens with zero attached hydrogens (tertiary/aromatic N) is 1. The average Bonchev–Trinajstić information content (AvgIpc) is 3.17. The molecule has 0 fully saturated rings. The van der Waals surface area contributed by atoms with Crippen LogP contribution in [-0.2, 0) is 28.7 Å². The van der Waals surface area contributed by atoms with Gasteiger partial charge in [0, 0.05) is 43.8 Å². The predicted molar refractivity (Wildman–Crippen MR) is 114 cm³/mol. The molecule has 0 unspecified atom stereocenters. The molecule has 2 N–H and O–H groups in total. The second-order valence-corrected chi connectivity index (χ2v) is 7.29. The van der Waals surface area contributed by atoms with E-state index in [1.165, 1.54) is 12.1 Å². The Labute approximate surface area is 179 Å². The third-order valence-corrected chi connectivity index (χ3v) is 5.09. The zero-order valence-electron chi connectivity index (χ0n) is 17.3. The smallest absolute Gasteiger partial charge is 0.383 e. The van der Waals surface area contributed by atoms with Crippen molar-refractivity contribution in [1.82, 2.24) is 15.2 Å². The van der Waals surface area contributed by atoms with E-state index in [4.69, 9.17) is 4.74 Å². The lowest BCUT2D eigenvalue weighted by Crippen LogP contribution is -2.39. The van der Waals surface area contributed by atoms with E-state index in [2.05, 4.69) is 10.3 Å². The second kappa shape index (κ2) is 10.5. The summed E-state index contributed by atoms with van der Waals surface area (Å²) in [5.74, 6) is -0.115. The van der Waals surface area contributed by atoms with Crippen LogP contribution < -0.4 is 5.32 Å². The van der Waals surface area contributed by atoms with E-state index in [1.54, 1.807) is 12.0 Å². The summed E-state index contributed by atoms with van der Waals surface area (Å²) in [5.41, 5.74) is 2.07. The maximum Gasteiger partial charge on any atom is 0.416 e. The van der Waals surface area contributed by atoms with Crippen LogP contribution in [0.5, 0.6) is 0 Å². The number of carbonyl (C=O) groups excluding carboxylic acids is 1. The van der Waals surface area contributed by atoms with Gasteiger partial charge in [-0.3, -0.25) is 4.79 Å². The van der Waals surface area contributed by atoms with Crippen LogP contribution in [0.1, 0.15) is 16.7 Å². The Balaban J connectivity index is 1.70. The molecule has 3 rings (SSSR count). The summed E-state index contributed by atoms with van der Waals surface area (Å²) in [4.78, 5) is 17.7. The summed E-state index contributed by atoms with van der Waals surface area (Å²) >= 11 is 0. The maximum atomic E-state index is 12.8. The van der Waals surface area contributed by atoms with Crippen LogP contribution in [0.15, 0.2) is 54.7 Å². The number of rotatable bonds is 10. The number of alkyl halides is 3. The van der Waals surface area contributed by atoms with Gasteiger partial charge in [0.25, 0.3) is 0 Å². The number of H-pyrrole nitrogens is 1. The van der Waals surface area contributed by atoms with Crippen molar-refractivity contribution in [2.75, 3.05) is 33.4 Å². The van der Waals surface area contributed by atoms with Crippen molar-refractivity contribution in [3.8, 4) is 0 Å². The number of hydrogen-bond acceptors (Lipinski definition) is 3. The van der Waals surface area contributed by atoms with Crippen molar-refractivity contribution >= 4 is 16.8 Å². The number of benzene rings is 2. The van der Waals surface area contributed by atoms with E-state index in [-0.39, 0.29) is 19.0 Å². The molecule has 8 heteroatoms. The van der Waals surface area contributed by atoms with Gasteiger partial charge < -0.3 is 19.9 Å². The van der Waals surface area contributed by atoms with E-state index in [9.17, 15) is 18.0 Å². The van der Waals surface area contributed by atoms with Crippen molar-refractivity contribution in [2.24, 2.45) is 0 Å². The first-order valence-corrected chi connectivity index (χ1v) is 10.1. The number of carbonyl (C=O) groups is 1. The van der Waals surface area contributed by atoms with Crippen LogP contribution >= 0.6 is 0 Å². The highest BCUT2D eigenvalue weighted by Gasteiger charge is 2.30. The van der Waals surface area contributed by atoms with Gasteiger partial charge in [-0.05, 0) is 35.7 Å². The number of nitrogens with one attached hydrogen (secondary N) is 2. The Hall–Kier alpha value is -2.84. The van der Waals surface area contributed by atoms with Gasteiger partial charge in [-0.15, -0.1) is 0 Å². The van der Waals surface area contributed by atoms with Crippen LogP contribution in [0.2, 0.25) is 0 Å². The van der Waals surface area contributed by atoms with Crippen molar-refractivity contribution in [2.45, 2.75) is 19.1 Å². The monoisotopic (exact) mass is 433 g/mol. The maximum absolute atomic E-state index is 12.8. The molecule has 0 radical (unpaired) electrons.